The summed E-state index contributed by atoms with van der Waals surface area (Å²) in [6.45, 7) is 1.76. The van der Waals surface area contributed by atoms with E-state index in [0.29, 0.717) is 11.5 Å². The molecular weight excluding hydrogens is 330 g/mol. The van der Waals surface area contributed by atoms with Crippen molar-refractivity contribution in [2.45, 2.75) is 26.2 Å². The van der Waals surface area contributed by atoms with Gasteiger partial charge in [-0.05, 0) is 55.0 Å². The maximum atomic E-state index is 13.1. The van der Waals surface area contributed by atoms with Crippen LogP contribution in [0.25, 0.3) is 5.69 Å². The van der Waals surface area contributed by atoms with Gasteiger partial charge < -0.3 is 4.57 Å². The van der Waals surface area contributed by atoms with Crippen LogP contribution in [0.15, 0.2) is 41.6 Å². The zero-order valence-electron chi connectivity index (χ0n) is 14.7. The molecule has 1 aromatic carbocycles. The number of nitrogens with one attached hydrogen (secondary N) is 1. The van der Waals surface area contributed by atoms with Crippen LogP contribution in [0.5, 0.6) is 0 Å². The SMILES string of the molecule is Cc1ccn(-c2cccc3c2CCC3)c(=O)c1C(=O)Nc1nncn1C. The molecule has 7 heteroatoms. The molecule has 0 unspecified atom stereocenters. The van der Waals surface area contributed by atoms with Gasteiger partial charge in [0.1, 0.15) is 11.9 Å². The molecule has 0 bridgehead atoms. The first-order valence-electron chi connectivity index (χ1n) is 8.55. The first-order chi connectivity index (χ1) is 12.6. The Morgan fingerprint density at radius 1 is 1.23 bits per heavy atom. The van der Waals surface area contributed by atoms with Crippen molar-refractivity contribution in [3.63, 3.8) is 0 Å². The predicted octanol–water partition coefficient (Wildman–Crippen LogP) is 2.02. The molecule has 132 valence electrons. The monoisotopic (exact) mass is 349 g/mol. The largest absolute Gasteiger partial charge is 0.303 e. The predicted molar refractivity (Wildman–Crippen MR) is 97.8 cm³/mol. The van der Waals surface area contributed by atoms with E-state index in [1.165, 1.54) is 17.5 Å². The number of carbonyl (C=O) groups is 1. The van der Waals surface area contributed by atoms with E-state index in [1.54, 1.807) is 35.4 Å². The summed E-state index contributed by atoms with van der Waals surface area (Å²) < 4.78 is 3.15. The van der Waals surface area contributed by atoms with Crippen molar-refractivity contribution in [2.75, 3.05) is 5.32 Å². The third-order valence-corrected chi connectivity index (χ3v) is 4.85. The molecule has 7 nitrogen and oxygen atoms in total. The second kappa shape index (κ2) is 6.25. The van der Waals surface area contributed by atoms with Crippen LogP contribution in [0.1, 0.15) is 33.5 Å². The van der Waals surface area contributed by atoms with E-state index < -0.39 is 5.91 Å². The van der Waals surface area contributed by atoms with Crippen LogP contribution in [0.4, 0.5) is 5.95 Å². The molecule has 0 radical (unpaired) electrons. The van der Waals surface area contributed by atoms with Crippen LogP contribution in [0.2, 0.25) is 0 Å². The van der Waals surface area contributed by atoms with Gasteiger partial charge in [-0.1, -0.05) is 12.1 Å². The highest BCUT2D eigenvalue weighted by atomic mass is 16.2. The molecule has 0 aliphatic heterocycles. The maximum Gasteiger partial charge on any atom is 0.268 e. The van der Waals surface area contributed by atoms with Gasteiger partial charge in [0.2, 0.25) is 5.95 Å². The highest BCUT2D eigenvalue weighted by molar-refractivity contribution is 6.04. The standard InChI is InChI=1S/C19H19N5O2/c1-12-9-10-24(15-8-4-6-13-5-3-7-14(13)15)18(26)16(12)17(25)21-19-22-20-11-23(19)2/h4,6,8-11H,3,5,7H2,1-2H3,(H,21,22,25). The second-order valence-corrected chi connectivity index (χ2v) is 6.54. The van der Waals surface area contributed by atoms with Crippen molar-refractivity contribution in [1.82, 2.24) is 19.3 Å². The van der Waals surface area contributed by atoms with Crippen molar-refractivity contribution in [1.29, 1.82) is 0 Å². The fraction of sp³-hybridized carbons (Fsp3) is 0.263. The number of amides is 1. The summed E-state index contributed by atoms with van der Waals surface area (Å²) in [6, 6.07) is 7.80. The summed E-state index contributed by atoms with van der Waals surface area (Å²) in [4.78, 5) is 25.8. The topological polar surface area (TPSA) is 81.8 Å². The number of aryl methyl sites for hydroxylation is 3. The third kappa shape index (κ3) is 2.61. The molecule has 2 aromatic heterocycles. The minimum Gasteiger partial charge on any atom is -0.303 e. The lowest BCUT2D eigenvalue weighted by molar-refractivity contribution is 0.102. The second-order valence-electron chi connectivity index (χ2n) is 6.54. The van der Waals surface area contributed by atoms with Crippen molar-refractivity contribution in [3.05, 3.63) is 69.4 Å². The zero-order chi connectivity index (χ0) is 18.3. The van der Waals surface area contributed by atoms with E-state index in [-0.39, 0.29) is 11.1 Å². The molecule has 0 saturated heterocycles. The molecule has 3 aromatic rings. The fourth-order valence-electron chi connectivity index (χ4n) is 3.48. The molecule has 0 fully saturated rings. The number of benzene rings is 1. The molecule has 1 aliphatic rings. The van der Waals surface area contributed by atoms with Gasteiger partial charge in [0.25, 0.3) is 11.5 Å². The Balaban J connectivity index is 1.80. The van der Waals surface area contributed by atoms with Crippen LogP contribution in [0.3, 0.4) is 0 Å². The Morgan fingerprint density at radius 2 is 2.08 bits per heavy atom. The van der Waals surface area contributed by atoms with Crippen molar-refractivity contribution in [3.8, 4) is 5.69 Å². The van der Waals surface area contributed by atoms with Gasteiger partial charge in [-0.25, -0.2) is 0 Å². The number of rotatable bonds is 3. The van der Waals surface area contributed by atoms with E-state index in [9.17, 15) is 9.59 Å². The first kappa shape index (κ1) is 16.3. The van der Waals surface area contributed by atoms with Crippen LogP contribution in [-0.2, 0) is 19.9 Å². The Morgan fingerprint density at radius 3 is 2.85 bits per heavy atom. The Hall–Kier alpha value is -3.22. The van der Waals surface area contributed by atoms with Crippen molar-refractivity contribution in [2.24, 2.45) is 7.05 Å². The highest BCUT2D eigenvalue weighted by Crippen LogP contribution is 2.27. The molecule has 0 atom stereocenters. The Kier molecular flexibility index (Phi) is 3.91. The van der Waals surface area contributed by atoms with Crippen LogP contribution >= 0.6 is 0 Å². The molecule has 0 saturated carbocycles. The highest BCUT2D eigenvalue weighted by Gasteiger charge is 2.21. The summed E-state index contributed by atoms with van der Waals surface area (Å²) in [5.41, 5.74) is 3.74. The number of aromatic nitrogens is 4. The molecule has 4 rings (SSSR count). The third-order valence-electron chi connectivity index (χ3n) is 4.85. The average molecular weight is 349 g/mol. The summed E-state index contributed by atoms with van der Waals surface area (Å²) in [7, 11) is 1.72. The van der Waals surface area contributed by atoms with Crippen molar-refractivity contribution >= 4 is 11.9 Å². The van der Waals surface area contributed by atoms with Gasteiger partial charge in [-0.2, -0.15) is 0 Å². The molecular formula is C19H19N5O2. The van der Waals surface area contributed by atoms with Gasteiger partial charge in [0.15, 0.2) is 0 Å². The quantitative estimate of drug-likeness (QED) is 0.784. The lowest BCUT2D eigenvalue weighted by Crippen LogP contribution is -2.30. The molecule has 1 aliphatic carbocycles. The van der Waals surface area contributed by atoms with E-state index in [1.807, 2.05) is 12.1 Å². The summed E-state index contributed by atoms with van der Waals surface area (Å²) >= 11 is 0. The number of nitrogens with zero attached hydrogens (tertiary/aromatic N) is 4. The fourth-order valence-corrected chi connectivity index (χ4v) is 3.48. The molecule has 26 heavy (non-hydrogen) atoms. The maximum absolute atomic E-state index is 13.1. The molecule has 1 amide bonds. The summed E-state index contributed by atoms with van der Waals surface area (Å²) in [5.74, 6) is -0.185. The van der Waals surface area contributed by atoms with Crippen molar-refractivity contribution < 1.29 is 4.79 Å². The number of hydrogen-bond acceptors (Lipinski definition) is 4. The first-order valence-corrected chi connectivity index (χ1v) is 8.55. The molecule has 1 N–H and O–H groups in total. The van der Waals surface area contributed by atoms with Crippen LogP contribution < -0.4 is 10.9 Å². The summed E-state index contributed by atoms with van der Waals surface area (Å²) in [6.07, 6.45) is 6.30. The van der Waals surface area contributed by atoms with E-state index >= 15 is 0 Å². The van der Waals surface area contributed by atoms with E-state index in [2.05, 4.69) is 21.6 Å². The lowest BCUT2D eigenvalue weighted by atomic mass is 10.1. The van der Waals surface area contributed by atoms with Gasteiger partial charge in [0, 0.05) is 13.2 Å². The molecule has 0 spiro atoms. The number of carbonyl (C=O) groups excluding carboxylic acids is 1. The minimum atomic E-state index is -0.481. The van der Waals surface area contributed by atoms with Gasteiger partial charge in [0.05, 0.1) is 5.69 Å². The lowest BCUT2D eigenvalue weighted by Gasteiger charge is -2.14. The zero-order valence-corrected chi connectivity index (χ0v) is 14.7. The smallest absolute Gasteiger partial charge is 0.268 e. The Labute approximate surface area is 150 Å². The normalized spacial score (nSPS) is 12.8. The minimum absolute atomic E-state index is 0.117. The summed E-state index contributed by atoms with van der Waals surface area (Å²) in [5, 5.41) is 10.2. The van der Waals surface area contributed by atoms with Crippen LogP contribution in [-0.4, -0.2) is 25.2 Å². The molecule has 2 heterocycles. The van der Waals surface area contributed by atoms with Gasteiger partial charge >= 0.3 is 0 Å². The number of hydrogen-bond donors (Lipinski definition) is 1. The number of anilines is 1. The van der Waals surface area contributed by atoms with Gasteiger partial charge in [-0.15, -0.1) is 10.2 Å². The number of fused-ring (bicyclic) bond motifs is 1. The van der Waals surface area contributed by atoms with Gasteiger partial charge in [-0.3, -0.25) is 19.5 Å². The number of pyridine rings is 1. The Bertz CT molecular complexity index is 1060. The average Bonchev–Trinajstić information content (AvgIpc) is 3.24. The van der Waals surface area contributed by atoms with Crippen LogP contribution in [0, 0.1) is 6.92 Å². The van der Waals surface area contributed by atoms with E-state index in [0.717, 1.165) is 24.9 Å². The van der Waals surface area contributed by atoms with E-state index in [4.69, 9.17) is 0 Å².